The van der Waals surface area contributed by atoms with E-state index in [2.05, 4.69) is 10.4 Å². The van der Waals surface area contributed by atoms with Crippen LogP contribution in [0, 0.1) is 13.8 Å². The number of aromatic nitrogens is 2. The van der Waals surface area contributed by atoms with Crippen LogP contribution in [0.3, 0.4) is 0 Å². The van der Waals surface area contributed by atoms with E-state index in [9.17, 15) is 4.79 Å². The maximum atomic E-state index is 12.4. The molecule has 0 aliphatic rings. The van der Waals surface area contributed by atoms with Crippen molar-refractivity contribution in [3.63, 3.8) is 0 Å². The molecule has 0 saturated carbocycles. The number of anilines is 1. The molecule has 1 aromatic heterocycles. The summed E-state index contributed by atoms with van der Waals surface area (Å²) in [4.78, 5) is 12.4. The molecule has 3 aromatic rings. The number of nitrogens with zero attached hydrogens (tertiary/aromatic N) is 2. The third kappa shape index (κ3) is 3.86. The van der Waals surface area contributed by atoms with E-state index in [1.165, 1.54) is 0 Å². The van der Waals surface area contributed by atoms with E-state index < -0.39 is 0 Å². The zero-order valence-electron chi connectivity index (χ0n) is 13.9. The maximum absolute atomic E-state index is 12.4. The molecule has 6 heteroatoms. The number of aryl methyl sites for hydroxylation is 1. The molecule has 128 valence electrons. The number of carbonyl (C=O) groups excluding carboxylic acids is 1. The molecule has 2 aromatic carbocycles. The Balaban J connectivity index is 1.83. The van der Waals surface area contributed by atoms with Crippen LogP contribution in [0.25, 0.3) is 0 Å². The number of carbonyl (C=O) groups is 1. The van der Waals surface area contributed by atoms with Crippen molar-refractivity contribution >= 4 is 34.8 Å². The smallest absolute Gasteiger partial charge is 0.255 e. The highest BCUT2D eigenvalue weighted by Gasteiger charge is 2.15. The molecule has 0 aliphatic heterocycles. The third-order valence-corrected chi connectivity index (χ3v) is 4.71. The fraction of sp³-hybridized carbons (Fsp3) is 0.158. The normalized spacial score (nSPS) is 10.7. The largest absolute Gasteiger partial charge is 0.319 e. The van der Waals surface area contributed by atoms with Crippen molar-refractivity contribution in [2.45, 2.75) is 20.4 Å². The summed E-state index contributed by atoms with van der Waals surface area (Å²) < 4.78 is 1.84. The first-order chi connectivity index (χ1) is 12.0. The van der Waals surface area contributed by atoms with Crippen molar-refractivity contribution in [2.75, 3.05) is 5.32 Å². The molecule has 1 amide bonds. The summed E-state index contributed by atoms with van der Waals surface area (Å²) in [5.41, 5.74) is 3.98. The van der Waals surface area contributed by atoms with Gasteiger partial charge in [0, 0.05) is 5.56 Å². The lowest BCUT2D eigenvalue weighted by Gasteiger charge is -2.08. The average Bonchev–Trinajstić information content (AvgIpc) is 2.86. The lowest BCUT2D eigenvalue weighted by molar-refractivity contribution is 0.102. The Morgan fingerprint density at radius 3 is 2.48 bits per heavy atom. The minimum Gasteiger partial charge on any atom is -0.319 e. The van der Waals surface area contributed by atoms with Crippen molar-refractivity contribution in [1.82, 2.24) is 9.78 Å². The van der Waals surface area contributed by atoms with Gasteiger partial charge in [-0.1, -0.05) is 47.5 Å². The number of amides is 1. The van der Waals surface area contributed by atoms with Crippen LogP contribution >= 0.6 is 23.2 Å². The summed E-state index contributed by atoms with van der Waals surface area (Å²) in [5.74, 6) is -0.152. The molecule has 0 spiro atoms. The van der Waals surface area contributed by atoms with Crippen LogP contribution in [0.2, 0.25) is 10.0 Å². The second-order valence-corrected chi connectivity index (χ2v) is 6.59. The molecule has 0 radical (unpaired) electrons. The molecular weight excluding hydrogens is 357 g/mol. The van der Waals surface area contributed by atoms with Crippen LogP contribution in [-0.4, -0.2) is 15.7 Å². The molecule has 0 saturated heterocycles. The summed E-state index contributed by atoms with van der Waals surface area (Å²) in [6.07, 6.45) is 0. The molecule has 25 heavy (non-hydrogen) atoms. The first kappa shape index (κ1) is 17.5. The highest BCUT2D eigenvalue weighted by atomic mass is 35.5. The summed E-state index contributed by atoms with van der Waals surface area (Å²) in [5, 5.41) is 8.52. The topological polar surface area (TPSA) is 46.9 Å². The lowest BCUT2D eigenvalue weighted by Crippen LogP contribution is -2.13. The number of hydrogen-bond donors (Lipinski definition) is 1. The highest BCUT2D eigenvalue weighted by Crippen LogP contribution is 2.25. The van der Waals surface area contributed by atoms with E-state index in [0.29, 0.717) is 22.2 Å². The molecular formula is C19H17Cl2N3O. The van der Waals surface area contributed by atoms with E-state index in [-0.39, 0.29) is 5.91 Å². The van der Waals surface area contributed by atoms with Crippen LogP contribution in [0.4, 0.5) is 5.69 Å². The van der Waals surface area contributed by atoms with Crippen molar-refractivity contribution in [1.29, 1.82) is 0 Å². The van der Waals surface area contributed by atoms with Crippen molar-refractivity contribution in [3.8, 4) is 0 Å². The van der Waals surface area contributed by atoms with Crippen LogP contribution in [-0.2, 0) is 6.54 Å². The van der Waals surface area contributed by atoms with Gasteiger partial charge in [-0.3, -0.25) is 9.48 Å². The van der Waals surface area contributed by atoms with Gasteiger partial charge in [0.25, 0.3) is 5.91 Å². The van der Waals surface area contributed by atoms with E-state index in [0.717, 1.165) is 22.6 Å². The highest BCUT2D eigenvalue weighted by molar-refractivity contribution is 6.42. The van der Waals surface area contributed by atoms with E-state index in [1.54, 1.807) is 18.2 Å². The Bertz CT molecular complexity index is 920. The van der Waals surface area contributed by atoms with Gasteiger partial charge < -0.3 is 5.32 Å². The summed E-state index contributed by atoms with van der Waals surface area (Å²) in [7, 11) is 0. The van der Waals surface area contributed by atoms with Crippen LogP contribution < -0.4 is 5.32 Å². The van der Waals surface area contributed by atoms with E-state index in [4.69, 9.17) is 23.2 Å². The fourth-order valence-electron chi connectivity index (χ4n) is 2.62. The predicted molar refractivity (Wildman–Crippen MR) is 102 cm³/mol. The zero-order chi connectivity index (χ0) is 18.0. The maximum Gasteiger partial charge on any atom is 0.255 e. The van der Waals surface area contributed by atoms with Crippen molar-refractivity contribution < 1.29 is 4.79 Å². The third-order valence-electron chi connectivity index (χ3n) is 3.97. The molecule has 0 atom stereocenters. The fourth-order valence-corrected chi connectivity index (χ4v) is 2.94. The lowest BCUT2D eigenvalue weighted by atomic mass is 10.2. The summed E-state index contributed by atoms with van der Waals surface area (Å²) in [6.45, 7) is 4.35. The Morgan fingerprint density at radius 2 is 1.80 bits per heavy atom. The number of hydrogen-bond acceptors (Lipinski definition) is 2. The van der Waals surface area contributed by atoms with Gasteiger partial charge in [0.15, 0.2) is 0 Å². The predicted octanol–water partition coefficient (Wildman–Crippen LogP) is 5.11. The standard InChI is InChI=1S/C19H17Cl2N3O/c1-12-18(22-19(25)15-6-4-3-5-7-15)13(2)24(23-12)11-14-8-9-16(20)17(21)10-14/h3-10H,11H2,1-2H3,(H,22,25). The second-order valence-electron chi connectivity index (χ2n) is 5.77. The zero-order valence-corrected chi connectivity index (χ0v) is 15.4. The van der Waals surface area contributed by atoms with Gasteiger partial charge in [0.2, 0.25) is 0 Å². The molecule has 0 fully saturated rings. The first-order valence-electron chi connectivity index (χ1n) is 7.80. The number of halogens is 2. The molecule has 0 aliphatic carbocycles. The van der Waals surface area contributed by atoms with Crippen molar-refractivity contribution in [3.05, 3.63) is 81.1 Å². The molecule has 1 N–H and O–H groups in total. The molecule has 1 heterocycles. The van der Waals surface area contributed by atoms with Crippen LogP contribution in [0.15, 0.2) is 48.5 Å². The monoisotopic (exact) mass is 373 g/mol. The SMILES string of the molecule is Cc1nn(Cc2ccc(Cl)c(Cl)c2)c(C)c1NC(=O)c1ccccc1. The Kier molecular flexibility index (Phi) is 5.11. The van der Waals surface area contributed by atoms with Crippen LogP contribution in [0.1, 0.15) is 27.3 Å². The van der Waals surface area contributed by atoms with Crippen molar-refractivity contribution in [2.24, 2.45) is 0 Å². The molecule has 0 bridgehead atoms. The summed E-state index contributed by atoms with van der Waals surface area (Å²) >= 11 is 12.0. The summed E-state index contributed by atoms with van der Waals surface area (Å²) in [6, 6.07) is 14.6. The molecule has 3 rings (SSSR count). The molecule has 4 nitrogen and oxygen atoms in total. The average molecular weight is 374 g/mol. The number of benzene rings is 2. The minimum absolute atomic E-state index is 0.152. The van der Waals surface area contributed by atoms with Gasteiger partial charge in [-0.2, -0.15) is 5.10 Å². The number of rotatable bonds is 4. The number of nitrogens with one attached hydrogen (secondary N) is 1. The Hall–Kier alpha value is -2.30. The van der Waals surface area contributed by atoms with Gasteiger partial charge in [-0.25, -0.2) is 0 Å². The Labute approximate surface area is 156 Å². The van der Waals surface area contributed by atoms with E-state index >= 15 is 0 Å². The van der Waals surface area contributed by atoms with Gasteiger partial charge in [0.05, 0.1) is 33.7 Å². The van der Waals surface area contributed by atoms with Gasteiger partial charge in [-0.15, -0.1) is 0 Å². The van der Waals surface area contributed by atoms with Crippen LogP contribution in [0.5, 0.6) is 0 Å². The Morgan fingerprint density at radius 1 is 1.08 bits per heavy atom. The molecule has 0 unspecified atom stereocenters. The minimum atomic E-state index is -0.152. The first-order valence-corrected chi connectivity index (χ1v) is 8.55. The van der Waals surface area contributed by atoms with Gasteiger partial charge in [0.1, 0.15) is 0 Å². The van der Waals surface area contributed by atoms with E-state index in [1.807, 2.05) is 48.9 Å². The second kappa shape index (κ2) is 7.30. The quantitative estimate of drug-likeness (QED) is 0.690. The van der Waals surface area contributed by atoms with Gasteiger partial charge in [-0.05, 0) is 43.7 Å². The van der Waals surface area contributed by atoms with Gasteiger partial charge >= 0.3 is 0 Å².